The van der Waals surface area contributed by atoms with Crippen LogP contribution in [0.3, 0.4) is 0 Å². The minimum atomic E-state index is -0.380. The van der Waals surface area contributed by atoms with E-state index in [0.29, 0.717) is 17.8 Å². The zero-order chi connectivity index (χ0) is 12.1. The summed E-state index contributed by atoms with van der Waals surface area (Å²) in [5, 5.41) is 13.7. The quantitative estimate of drug-likeness (QED) is 0.313. The van der Waals surface area contributed by atoms with E-state index in [1.54, 1.807) is 13.0 Å². The van der Waals surface area contributed by atoms with Gasteiger partial charge in [0, 0.05) is 12.1 Å². The Morgan fingerprint density at radius 2 is 2.31 bits per heavy atom. The Balaban J connectivity index is 2.79. The molecule has 6 nitrogen and oxygen atoms in total. The van der Waals surface area contributed by atoms with Crippen molar-refractivity contribution in [3.63, 3.8) is 0 Å². The van der Waals surface area contributed by atoms with E-state index in [4.69, 9.17) is 5.84 Å². The summed E-state index contributed by atoms with van der Waals surface area (Å²) in [6.45, 7) is 3.12. The second kappa shape index (κ2) is 5.53. The van der Waals surface area contributed by atoms with Crippen LogP contribution in [0.4, 0.5) is 5.69 Å². The number of rotatable bonds is 5. The van der Waals surface area contributed by atoms with E-state index in [2.05, 4.69) is 10.3 Å². The van der Waals surface area contributed by atoms with Gasteiger partial charge >= 0.3 is 0 Å². The molecule has 1 aromatic rings. The number of aromatic hydroxyl groups is 1. The first kappa shape index (κ1) is 12.5. The summed E-state index contributed by atoms with van der Waals surface area (Å²) in [5.41, 5.74) is 0.583. The molecule has 0 aliphatic rings. The maximum Gasteiger partial charge on any atom is 0.275 e. The van der Waals surface area contributed by atoms with Gasteiger partial charge in [0.25, 0.3) is 5.56 Å². The maximum absolute atomic E-state index is 11.5. The Hall–Kier alpha value is -1.53. The number of hydrogen-bond donors (Lipinski definition) is 4. The molecule has 1 heterocycles. The molecule has 0 spiro atoms. The molecule has 0 fully saturated rings. The Bertz CT molecular complexity index is 402. The van der Waals surface area contributed by atoms with E-state index in [1.807, 2.05) is 7.05 Å². The van der Waals surface area contributed by atoms with Gasteiger partial charge in [0.1, 0.15) is 5.69 Å². The molecule has 0 bridgehead atoms. The van der Waals surface area contributed by atoms with Crippen LogP contribution in [0.25, 0.3) is 0 Å². The lowest BCUT2D eigenvalue weighted by atomic mass is 10.2. The van der Waals surface area contributed by atoms with E-state index >= 15 is 0 Å². The van der Waals surface area contributed by atoms with Crippen LogP contribution < -0.4 is 21.7 Å². The topological polar surface area (TPSA) is 94.4 Å². The van der Waals surface area contributed by atoms with Gasteiger partial charge in [-0.15, -0.1) is 0 Å². The monoisotopic (exact) mass is 226 g/mol. The molecule has 0 aliphatic heterocycles. The number of aromatic amines is 1. The van der Waals surface area contributed by atoms with Crippen LogP contribution >= 0.6 is 0 Å². The van der Waals surface area contributed by atoms with Crippen molar-refractivity contribution in [2.24, 2.45) is 5.84 Å². The number of anilines is 1. The Morgan fingerprint density at radius 1 is 1.62 bits per heavy atom. The van der Waals surface area contributed by atoms with Crippen LogP contribution in [0, 0.1) is 6.92 Å². The summed E-state index contributed by atoms with van der Waals surface area (Å²) in [6, 6.07) is 1.58. The average Bonchev–Trinajstić information content (AvgIpc) is 2.23. The first-order valence-electron chi connectivity index (χ1n) is 5.16. The number of nitrogens with two attached hydrogens (primary N) is 1. The third-order valence-corrected chi connectivity index (χ3v) is 2.33. The predicted octanol–water partition coefficient (Wildman–Crippen LogP) is -0.321. The van der Waals surface area contributed by atoms with Crippen molar-refractivity contribution in [1.29, 1.82) is 0 Å². The van der Waals surface area contributed by atoms with Crippen LogP contribution in [0.15, 0.2) is 10.9 Å². The number of hydrogen-bond acceptors (Lipinski definition) is 5. The van der Waals surface area contributed by atoms with Gasteiger partial charge in [0.15, 0.2) is 5.88 Å². The molecule has 0 saturated carbocycles. The van der Waals surface area contributed by atoms with Gasteiger partial charge in [0.2, 0.25) is 0 Å². The van der Waals surface area contributed by atoms with Crippen molar-refractivity contribution in [3.8, 4) is 5.88 Å². The molecule has 0 saturated heterocycles. The third-order valence-electron chi connectivity index (χ3n) is 2.33. The van der Waals surface area contributed by atoms with Gasteiger partial charge in [-0.1, -0.05) is 0 Å². The number of H-pyrrole nitrogens is 1. The number of aryl methyl sites for hydroxylation is 1. The van der Waals surface area contributed by atoms with Crippen molar-refractivity contribution in [3.05, 3.63) is 22.0 Å². The van der Waals surface area contributed by atoms with E-state index in [0.717, 1.165) is 13.0 Å². The molecule has 6 heteroatoms. The Labute approximate surface area is 94.1 Å². The van der Waals surface area contributed by atoms with E-state index < -0.39 is 0 Å². The number of aromatic nitrogens is 1. The maximum atomic E-state index is 11.5. The molecule has 0 aliphatic carbocycles. The Morgan fingerprint density at radius 3 is 2.94 bits per heavy atom. The van der Waals surface area contributed by atoms with Crippen molar-refractivity contribution in [2.45, 2.75) is 13.3 Å². The number of hydrazine groups is 1. The van der Waals surface area contributed by atoms with E-state index in [-0.39, 0.29) is 11.4 Å². The minimum Gasteiger partial charge on any atom is -0.494 e. The van der Waals surface area contributed by atoms with Crippen LogP contribution in [-0.2, 0) is 0 Å². The van der Waals surface area contributed by atoms with Crippen molar-refractivity contribution >= 4 is 5.69 Å². The van der Waals surface area contributed by atoms with Gasteiger partial charge in [-0.3, -0.25) is 9.78 Å². The smallest absolute Gasteiger partial charge is 0.275 e. The third kappa shape index (κ3) is 2.98. The standard InChI is InChI=1S/C10H18N4O2/c1-7-6-8(10(16)13-9(7)15)14(11)5-3-4-12-2/h6,12H,3-5,11H2,1-2H3,(H2,13,15,16). The molecule has 0 unspecified atom stereocenters. The second-order valence-electron chi connectivity index (χ2n) is 3.67. The lowest BCUT2D eigenvalue weighted by molar-refractivity contribution is 0.447. The highest BCUT2D eigenvalue weighted by atomic mass is 16.3. The Kier molecular flexibility index (Phi) is 4.33. The zero-order valence-corrected chi connectivity index (χ0v) is 9.58. The van der Waals surface area contributed by atoms with Gasteiger partial charge in [-0.05, 0) is 33.0 Å². The lowest BCUT2D eigenvalue weighted by Gasteiger charge is -2.18. The van der Waals surface area contributed by atoms with Crippen molar-refractivity contribution in [2.75, 3.05) is 25.1 Å². The highest BCUT2D eigenvalue weighted by Crippen LogP contribution is 2.14. The minimum absolute atomic E-state index is 0.114. The normalized spacial score (nSPS) is 10.4. The number of pyridine rings is 1. The van der Waals surface area contributed by atoms with E-state index in [1.165, 1.54) is 5.01 Å². The molecule has 0 radical (unpaired) electrons. The number of nitrogens with one attached hydrogen (secondary N) is 2. The first-order valence-corrected chi connectivity index (χ1v) is 5.16. The van der Waals surface area contributed by atoms with Crippen LogP contribution in [0.5, 0.6) is 5.88 Å². The van der Waals surface area contributed by atoms with Gasteiger partial charge in [-0.25, -0.2) is 5.84 Å². The fraction of sp³-hybridized carbons (Fsp3) is 0.500. The highest BCUT2D eigenvalue weighted by molar-refractivity contribution is 5.47. The summed E-state index contributed by atoms with van der Waals surface area (Å²) in [6.07, 6.45) is 0.840. The molecular weight excluding hydrogens is 208 g/mol. The summed E-state index contributed by atoms with van der Waals surface area (Å²) < 4.78 is 0. The molecule has 1 aromatic heterocycles. The summed E-state index contributed by atoms with van der Waals surface area (Å²) >= 11 is 0. The molecule has 0 atom stereocenters. The van der Waals surface area contributed by atoms with Crippen LogP contribution in [0.2, 0.25) is 0 Å². The molecule has 5 N–H and O–H groups in total. The molecule has 90 valence electrons. The molecular formula is C10H18N4O2. The lowest BCUT2D eigenvalue weighted by Crippen LogP contribution is -2.37. The average molecular weight is 226 g/mol. The summed E-state index contributed by atoms with van der Waals surface area (Å²) in [4.78, 5) is 13.9. The first-order chi connectivity index (χ1) is 7.56. The highest BCUT2D eigenvalue weighted by Gasteiger charge is 2.09. The number of nitrogens with zero attached hydrogens (tertiary/aromatic N) is 1. The second-order valence-corrected chi connectivity index (χ2v) is 3.67. The van der Waals surface area contributed by atoms with Crippen LogP contribution in [0.1, 0.15) is 12.0 Å². The zero-order valence-electron chi connectivity index (χ0n) is 9.58. The predicted molar refractivity (Wildman–Crippen MR) is 63.5 cm³/mol. The molecule has 0 amide bonds. The van der Waals surface area contributed by atoms with Gasteiger partial charge in [-0.2, -0.15) is 0 Å². The SMILES string of the molecule is CNCCCN(N)c1cc(C)c(O)[nH]c1=O. The van der Waals surface area contributed by atoms with Gasteiger partial charge in [0.05, 0.1) is 0 Å². The molecule has 1 rings (SSSR count). The largest absolute Gasteiger partial charge is 0.494 e. The van der Waals surface area contributed by atoms with E-state index in [9.17, 15) is 9.90 Å². The summed E-state index contributed by atoms with van der Waals surface area (Å²) in [5.74, 6) is 5.65. The molecule has 0 aromatic carbocycles. The summed E-state index contributed by atoms with van der Waals surface area (Å²) in [7, 11) is 1.86. The van der Waals surface area contributed by atoms with Crippen LogP contribution in [-0.4, -0.2) is 30.2 Å². The van der Waals surface area contributed by atoms with Crippen molar-refractivity contribution in [1.82, 2.24) is 10.3 Å². The fourth-order valence-electron chi connectivity index (χ4n) is 1.37. The van der Waals surface area contributed by atoms with Gasteiger partial charge < -0.3 is 15.4 Å². The van der Waals surface area contributed by atoms with Crippen molar-refractivity contribution < 1.29 is 5.11 Å². The fourth-order valence-corrected chi connectivity index (χ4v) is 1.37. The molecule has 16 heavy (non-hydrogen) atoms.